The second-order valence-electron chi connectivity index (χ2n) is 13.1. The number of thiophene rings is 1. The van der Waals surface area contributed by atoms with Crippen molar-refractivity contribution in [2.75, 3.05) is 4.90 Å². The average Bonchev–Trinajstić information content (AvgIpc) is 3.91. The lowest BCUT2D eigenvalue weighted by Crippen LogP contribution is -2.09. The molecular formula is C47H28N2O2S. The summed E-state index contributed by atoms with van der Waals surface area (Å²) >= 11 is 1.83. The molecule has 0 aliphatic heterocycles. The molecule has 8 aromatic carbocycles. The van der Waals surface area contributed by atoms with E-state index in [9.17, 15) is 0 Å². The molecule has 0 aliphatic rings. The number of aromatic nitrogens is 1. The number of nitrogens with zero attached hydrogens (tertiary/aromatic N) is 2. The van der Waals surface area contributed by atoms with Crippen LogP contribution >= 0.6 is 11.3 Å². The largest absolute Gasteiger partial charge is 0.456 e. The first-order valence-electron chi connectivity index (χ1n) is 17.4. The van der Waals surface area contributed by atoms with Crippen LogP contribution in [0.2, 0.25) is 0 Å². The van der Waals surface area contributed by atoms with E-state index < -0.39 is 0 Å². The molecule has 5 heteroatoms. The van der Waals surface area contributed by atoms with E-state index in [1.807, 2.05) is 53.8 Å². The topological polar surface area (TPSA) is 42.4 Å². The molecule has 0 bridgehead atoms. The molecule has 52 heavy (non-hydrogen) atoms. The van der Waals surface area contributed by atoms with Crippen molar-refractivity contribution in [3.8, 4) is 22.6 Å². The van der Waals surface area contributed by atoms with Crippen LogP contribution in [0.25, 0.3) is 86.6 Å². The third-order valence-corrected chi connectivity index (χ3v) is 11.2. The molecule has 0 unspecified atom stereocenters. The van der Waals surface area contributed by atoms with Crippen LogP contribution < -0.4 is 4.90 Å². The zero-order valence-corrected chi connectivity index (χ0v) is 28.6. The molecule has 11 aromatic rings. The summed E-state index contributed by atoms with van der Waals surface area (Å²) in [6, 6.07) is 59.9. The summed E-state index contributed by atoms with van der Waals surface area (Å²) in [5.41, 5.74) is 9.59. The Morgan fingerprint density at radius 1 is 0.462 bits per heavy atom. The number of furan rings is 1. The highest BCUT2D eigenvalue weighted by atomic mass is 32.1. The fraction of sp³-hybridized carbons (Fsp3) is 0. The fourth-order valence-electron chi connectivity index (χ4n) is 7.65. The van der Waals surface area contributed by atoms with E-state index >= 15 is 0 Å². The van der Waals surface area contributed by atoms with E-state index in [4.69, 9.17) is 13.8 Å². The maximum Gasteiger partial charge on any atom is 0.227 e. The molecular weight excluding hydrogens is 657 g/mol. The number of hydrogen-bond donors (Lipinski definition) is 0. The molecule has 3 heterocycles. The van der Waals surface area contributed by atoms with Gasteiger partial charge in [-0.15, -0.1) is 11.3 Å². The van der Waals surface area contributed by atoms with Crippen LogP contribution in [0.4, 0.5) is 17.1 Å². The van der Waals surface area contributed by atoms with E-state index in [1.54, 1.807) is 0 Å². The highest BCUT2D eigenvalue weighted by Crippen LogP contribution is 2.44. The number of benzene rings is 8. The first-order chi connectivity index (χ1) is 25.7. The second kappa shape index (κ2) is 11.4. The van der Waals surface area contributed by atoms with Crippen molar-refractivity contribution in [1.29, 1.82) is 0 Å². The Hall–Kier alpha value is -6.69. The minimum Gasteiger partial charge on any atom is -0.456 e. The Labute approximate surface area is 302 Å². The van der Waals surface area contributed by atoms with Crippen molar-refractivity contribution >= 4 is 92.4 Å². The Bertz CT molecular complexity index is 3130. The average molecular weight is 685 g/mol. The maximum absolute atomic E-state index is 6.56. The van der Waals surface area contributed by atoms with Gasteiger partial charge in [-0.25, -0.2) is 4.98 Å². The third-order valence-electron chi connectivity index (χ3n) is 10.1. The van der Waals surface area contributed by atoms with Gasteiger partial charge in [0, 0.05) is 54.3 Å². The van der Waals surface area contributed by atoms with E-state index in [0.717, 1.165) is 55.7 Å². The van der Waals surface area contributed by atoms with Crippen LogP contribution in [0, 0.1) is 0 Å². The zero-order valence-electron chi connectivity index (χ0n) is 27.8. The molecule has 3 aromatic heterocycles. The molecule has 0 spiro atoms. The van der Waals surface area contributed by atoms with Crippen molar-refractivity contribution in [2.45, 2.75) is 0 Å². The molecule has 0 saturated heterocycles. The number of rotatable bonds is 5. The van der Waals surface area contributed by atoms with E-state index in [2.05, 4.69) is 132 Å². The van der Waals surface area contributed by atoms with Gasteiger partial charge in [0.1, 0.15) is 16.7 Å². The molecule has 0 saturated carbocycles. The van der Waals surface area contributed by atoms with Crippen molar-refractivity contribution in [1.82, 2.24) is 4.98 Å². The van der Waals surface area contributed by atoms with Gasteiger partial charge in [0.05, 0.1) is 5.39 Å². The third kappa shape index (κ3) is 4.57. The summed E-state index contributed by atoms with van der Waals surface area (Å²) in [5, 5.41) is 6.93. The SMILES string of the molecule is c1ccc(-c2nc3ccc4oc5cc(N(c6ccc(-c7cccc8ccccc78)cc6)c6ccc7sc8ccccc8c7c6)ccc5c4c3o2)cc1. The first-order valence-corrected chi connectivity index (χ1v) is 18.2. The normalized spacial score (nSPS) is 11.8. The van der Waals surface area contributed by atoms with Crippen LogP contribution in [-0.2, 0) is 0 Å². The lowest BCUT2D eigenvalue weighted by atomic mass is 9.98. The molecule has 0 atom stereocenters. The van der Waals surface area contributed by atoms with E-state index in [1.165, 1.54) is 42.1 Å². The number of anilines is 3. The van der Waals surface area contributed by atoms with Crippen LogP contribution in [-0.4, -0.2) is 4.98 Å². The quantitative estimate of drug-likeness (QED) is 0.181. The van der Waals surface area contributed by atoms with Crippen LogP contribution in [0.5, 0.6) is 0 Å². The highest BCUT2D eigenvalue weighted by molar-refractivity contribution is 7.25. The number of fused-ring (bicyclic) bond motifs is 9. The van der Waals surface area contributed by atoms with E-state index in [0.29, 0.717) is 5.89 Å². The summed E-state index contributed by atoms with van der Waals surface area (Å²) in [7, 11) is 0. The Morgan fingerprint density at radius 3 is 2.10 bits per heavy atom. The van der Waals surface area contributed by atoms with Crippen molar-refractivity contribution in [3.05, 3.63) is 170 Å². The minimum atomic E-state index is 0.600. The molecule has 0 radical (unpaired) electrons. The molecule has 244 valence electrons. The lowest BCUT2D eigenvalue weighted by Gasteiger charge is -2.26. The van der Waals surface area contributed by atoms with Crippen LogP contribution in [0.15, 0.2) is 179 Å². The summed E-state index contributed by atoms with van der Waals surface area (Å²) in [6.45, 7) is 0. The standard InChI is InChI=1S/C47H28N2O2S/c1-2-10-31(11-3-1)47-48-40-24-25-41-45(46(40)51-47)38-23-21-34(28-42(38)50-41)49(33-22-26-44-39(27-33)37-14-6-7-16-43(37)52-44)32-19-17-30(18-20-32)36-15-8-12-29-9-4-5-13-35(29)36/h1-28H. The fourth-order valence-corrected chi connectivity index (χ4v) is 8.73. The molecule has 0 aliphatic carbocycles. The molecule has 11 rings (SSSR count). The van der Waals surface area contributed by atoms with Gasteiger partial charge in [0.15, 0.2) is 5.58 Å². The predicted molar refractivity (Wildman–Crippen MR) is 217 cm³/mol. The van der Waals surface area contributed by atoms with Crippen LogP contribution in [0.1, 0.15) is 0 Å². The Morgan fingerprint density at radius 2 is 1.19 bits per heavy atom. The summed E-state index contributed by atoms with van der Waals surface area (Å²) < 4.78 is 15.5. The van der Waals surface area contributed by atoms with Gasteiger partial charge in [-0.2, -0.15) is 0 Å². The Kier molecular flexibility index (Phi) is 6.39. The summed E-state index contributed by atoms with van der Waals surface area (Å²) in [4.78, 5) is 7.14. The van der Waals surface area contributed by atoms with Gasteiger partial charge in [0.25, 0.3) is 0 Å². The molecule has 4 nitrogen and oxygen atoms in total. The van der Waals surface area contributed by atoms with Crippen molar-refractivity contribution in [2.24, 2.45) is 0 Å². The first kappa shape index (κ1) is 29.1. The van der Waals surface area contributed by atoms with Crippen molar-refractivity contribution < 1.29 is 8.83 Å². The smallest absolute Gasteiger partial charge is 0.227 e. The number of oxazole rings is 1. The molecule has 0 fully saturated rings. The highest BCUT2D eigenvalue weighted by Gasteiger charge is 2.20. The summed E-state index contributed by atoms with van der Waals surface area (Å²) in [6.07, 6.45) is 0. The summed E-state index contributed by atoms with van der Waals surface area (Å²) in [5.74, 6) is 0.600. The van der Waals surface area contributed by atoms with Gasteiger partial charge in [-0.05, 0) is 94.7 Å². The Balaban J connectivity index is 1.08. The van der Waals surface area contributed by atoms with Gasteiger partial charge >= 0.3 is 0 Å². The molecule has 0 amide bonds. The van der Waals surface area contributed by atoms with Gasteiger partial charge < -0.3 is 13.7 Å². The van der Waals surface area contributed by atoms with Gasteiger partial charge in [0.2, 0.25) is 5.89 Å². The second-order valence-corrected chi connectivity index (χ2v) is 14.2. The predicted octanol–water partition coefficient (Wildman–Crippen LogP) is 14.1. The van der Waals surface area contributed by atoms with E-state index in [-0.39, 0.29) is 0 Å². The minimum absolute atomic E-state index is 0.600. The van der Waals surface area contributed by atoms with Crippen molar-refractivity contribution in [3.63, 3.8) is 0 Å². The maximum atomic E-state index is 6.56. The molecule has 0 N–H and O–H groups in total. The zero-order chi connectivity index (χ0) is 34.2. The van der Waals surface area contributed by atoms with Crippen LogP contribution in [0.3, 0.4) is 0 Å². The monoisotopic (exact) mass is 684 g/mol. The van der Waals surface area contributed by atoms with Gasteiger partial charge in [-0.1, -0.05) is 91.0 Å². The lowest BCUT2D eigenvalue weighted by molar-refractivity contribution is 0.622. The van der Waals surface area contributed by atoms with Gasteiger partial charge in [-0.3, -0.25) is 0 Å². The number of hydrogen-bond acceptors (Lipinski definition) is 5.